The van der Waals surface area contributed by atoms with Crippen molar-refractivity contribution >= 4 is 5.97 Å². The number of rotatable bonds is 2. The van der Waals surface area contributed by atoms with Gasteiger partial charge in [-0.2, -0.15) is 5.26 Å². The molecule has 3 nitrogen and oxygen atoms in total. The van der Waals surface area contributed by atoms with Gasteiger partial charge < -0.3 is 5.11 Å². The number of nitrogens with zero attached hydrogens (tertiary/aromatic N) is 1. The predicted octanol–water partition coefficient (Wildman–Crippen LogP) is 3.23. The van der Waals surface area contributed by atoms with Gasteiger partial charge in [0.15, 0.2) is 0 Å². The lowest BCUT2D eigenvalue weighted by molar-refractivity contribution is 0.0697. The van der Waals surface area contributed by atoms with Crippen molar-refractivity contribution in [1.82, 2.24) is 0 Å². The van der Waals surface area contributed by atoms with Gasteiger partial charge in [0.25, 0.3) is 0 Å². The SMILES string of the molecule is Cc1cc(-c2ccc(C(=O)O)cc2)ccc1C#N. The van der Waals surface area contributed by atoms with E-state index in [0.29, 0.717) is 5.56 Å². The number of carbonyl (C=O) groups is 1. The monoisotopic (exact) mass is 237 g/mol. The fraction of sp³-hybridized carbons (Fsp3) is 0.0667. The molecule has 0 bridgehead atoms. The number of nitriles is 1. The molecular formula is C15H11NO2. The summed E-state index contributed by atoms with van der Waals surface area (Å²) in [5, 5.41) is 17.7. The van der Waals surface area contributed by atoms with Gasteiger partial charge in [-0.25, -0.2) is 4.79 Å². The summed E-state index contributed by atoms with van der Waals surface area (Å²) in [7, 11) is 0. The van der Waals surface area contributed by atoms with E-state index < -0.39 is 5.97 Å². The van der Waals surface area contributed by atoms with Gasteiger partial charge in [-0.15, -0.1) is 0 Å². The molecule has 0 aromatic heterocycles. The standard InChI is InChI=1S/C15H11NO2/c1-10-8-13(6-7-14(10)9-16)11-2-4-12(5-3-11)15(17)18/h2-8H,1H3,(H,17,18). The van der Waals surface area contributed by atoms with E-state index in [1.165, 1.54) is 0 Å². The summed E-state index contributed by atoms with van der Waals surface area (Å²) in [6.07, 6.45) is 0. The van der Waals surface area contributed by atoms with Crippen LogP contribution in [0.25, 0.3) is 11.1 Å². The van der Waals surface area contributed by atoms with Crippen molar-refractivity contribution in [2.75, 3.05) is 0 Å². The molecule has 18 heavy (non-hydrogen) atoms. The van der Waals surface area contributed by atoms with Crippen LogP contribution < -0.4 is 0 Å². The molecule has 0 radical (unpaired) electrons. The third kappa shape index (κ3) is 2.23. The second-order valence-electron chi connectivity index (χ2n) is 4.02. The fourth-order valence-corrected chi connectivity index (χ4v) is 1.77. The van der Waals surface area contributed by atoms with Crippen molar-refractivity contribution in [2.45, 2.75) is 6.92 Å². The fourth-order valence-electron chi connectivity index (χ4n) is 1.77. The van der Waals surface area contributed by atoms with Crippen LogP contribution in [-0.4, -0.2) is 11.1 Å². The highest BCUT2D eigenvalue weighted by molar-refractivity contribution is 5.88. The molecule has 2 rings (SSSR count). The Morgan fingerprint density at radius 2 is 1.72 bits per heavy atom. The molecule has 0 unspecified atom stereocenters. The summed E-state index contributed by atoms with van der Waals surface area (Å²) in [5.41, 5.74) is 3.75. The minimum Gasteiger partial charge on any atom is -0.478 e. The minimum absolute atomic E-state index is 0.268. The van der Waals surface area contributed by atoms with E-state index in [-0.39, 0.29) is 5.56 Å². The first-order chi connectivity index (χ1) is 8.61. The highest BCUT2D eigenvalue weighted by atomic mass is 16.4. The summed E-state index contributed by atoms with van der Waals surface area (Å²) in [6.45, 7) is 1.88. The van der Waals surface area contributed by atoms with Crippen LogP contribution in [-0.2, 0) is 0 Å². The van der Waals surface area contributed by atoms with Crippen LogP contribution in [0.5, 0.6) is 0 Å². The first-order valence-corrected chi connectivity index (χ1v) is 5.46. The minimum atomic E-state index is -0.933. The maximum atomic E-state index is 10.8. The third-order valence-electron chi connectivity index (χ3n) is 2.81. The molecule has 0 spiro atoms. The number of aromatic carboxylic acids is 1. The van der Waals surface area contributed by atoms with Crippen LogP contribution in [0, 0.1) is 18.3 Å². The van der Waals surface area contributed by atoms with Gasteiger partial charge in [-0.1, -0.05) is 24.3 Å². The van der Waals surface area contributed by atoms with E-state index in [1.807, 2.05) is 19.1 Å². The van der Waals surface area contributed by atoms with Gasteiger partial charge in [-0.05, 0) is 41.8 Å². The number of hydrogen-bond acceptors (Lipinski definition) is 2. The van der Waals surface area contributed by atoms with Gasteiger partial charge >= 0.3 is 5.97 Å². The van der Waals surface area contributed by atoms with Gasteiger partial charge in [0.05, 0.1) is 17.2 Å². The average molecular weight is 237 g/mol. The second-order valence-corrected chi connectivity index (χ2v) is 4.02. The summed E-state index contributed by atoms with van der Waals surface area (Å²) < 4.78 is 0. The van der Waals surface area contributed by atoms with Crippen molar-refractivity contribution in [1.29, 1.82) is 5.26 Å². The molecule has 0 saturated carbocycles. The number of benzene rings is 2. The van der Waals surface area contributed by atoms with E-state index in [1.54, 1.807) is 30.3 Å². The van der Waals surface area contributed by atoms with Crippen molar-refractivity contribution in [2.24, 2.45) is 0 Å². The van der Waals surface area contributed by atoms with Gasteiger partial charge in [0.2, 0.25) is 0 Å². The second kappa shape index (κ2) is 4.72. The lowest BCUT2D eigenvalue weighted by atomic mass is 9.99. The summed E-state index contributed by atoms with van der Waals surface area (Å²) in [5.74, 6) is -0.933. The Labute approximate surface area is 105 Å². The molecule has 2 aromatic rings. The first kappa shape index (κ1) is 11.9. The quantitative estimate of drug-likeness (QED) is 0.872. The Hall–Kier alpha value is -2.60. The van der Waals surface area contributed by atoms with Crippen molar-refractivity contribution in [3.8, 4) is 17.2 Å². The molecule has 0 aliphatic carbocycles. The summed E-state index contributed by atoms with van der Waals surface area (Å²) >= 11 is 0. The summed E-state index contributed by atoms with van der Waals surface area (Å²) in [4.78, 5) is 10.8. The van der Waals surface area contributed by atoms with E-state index in [4.69, 9.17) is 10.4 Å². The maximum Gasteiger partial charge on any atom is 0.335 e. The van der Waals surface area contributed by atoms with Gasteiger partial charge in [-0.3, -0.25) is 0 Å². The molecule has 0 heterocycles. The Kier molecular flexibility index (Phi) is 3.11. The molecule has 1 N–H and O–H groups in total. The Balaban J connectivity index is 2.40. The lowest BCUT2D eigenvalue weighted by Gasteiger charge is -2.04. The Morgan fingerprint density at radius 1 is 1.11 bits per heavy atom. The lowest BCUT2D eigenvalue weighted by Crippen LogP contribution is -1.95. The molecular weight excluding hydrogens is 226 g/mol. The van der Waals surface area contributed by atoms with E-state index in [0.717, 1.165) is 16.7 Å². The normalized spacial score (nSPS) is 9.78. The van der Waals surface area contributed by atoms with Crippen molar-refractivity contribution in [3.05, 3.63) is 59.2 Å². The third-order valence-corrected chi connectivity index (χ3v) is 2.81. The highest BCUT2D eigenvalue weighted by Gasteiger charge is 2.04. The molecule has 3 heteroatoms. The molecule has 88 valence electrons. The number of hydrogen-bond donors (Lipinski definition) is 1. The molecule has 0 amide bonds. The number of carboxylic acid groups (broad SMARTS) is 1. The van der Waals surface area contributed by atoms with Crippen LogP contribution in [0.2, 0.25) is 0 Å². The topological polar surface area (TPSA) is 61.1 Å². The zero-order valence-electron chi connectivity index (χ0n) is 9.84. The largest absolute Gasteiger partial charge is 0.478 e. The Morgan fingerprint density at radius 3 is 2.22 bits per heavy atom. The zero-order valence-corrected chi connectivity index (χ0v) is 9.84. The smallest absolute Gasteiger partial charge is 0.335 e. The molecule has 0 aliphatic heterocycles. The number of aryl methyl sites for hydroxylation is 1. The zero-order chi connectivity index (χ0) is 13.1. The van der Waals surface area contributed by atoms with Crippen molar-refractivity contribution < 1.29 is 9.90 Å². The molecule has 0 saturated heterocycles. The first-order valence-electron chi connectivity index (χ1n) is 5.46. The highest BCUT2D eigenvalue weighted by Crippen LogP contribution is 2.22. The number of carboxylic acids is 1. The van der Waals surface area contributed by atoms with E-state index in [9.17, 15) is 4.79 Å². The molecule has 0 atom stereocenters. The maximum absolute atomic E-state index is 10.8. The predicted molar refractivity (Wildman–Crippen MR) is 68.3 cm³/mol. The van der Waals surface area contributed by atoms with Crippen LogP contribution in [0.15, 0.2) is 42.5 Å². The molecule has 0 aliphatic rings. The molecule has 0 fully saturated rings. The van der Waals surface area contributed by atoms with Crippen LogP contribution in [0.3, 0.4) is 0 Å². The van der Waals surface area contributed by atoms with Gasteiger partial charge in [0, 0.05) is 0 Å². The molecule has 2 aromatic carbocycles. The average Bonchev–Trinajstić information content (AvgIpc) is 2.38. The van der Waals surface area contributed by atoms with E-state index >= 15 is 0 Å². The Bertz CT molecular complexity index is 637. The van der Waals surface area contributed by atoms with Gasteiger partial charge in [0.1, 0.15) is 0 Å². The summed E-state index contributed by atoms with van der Waals surface area (Å²) in [6, 6.07) is 14.4. The van der Waals surface area contributed by atoms with Crippen LogP contribution >= 0.6 is 0 Å². The van der Waals surface area contributed by atoms with E-state index in [2.05, 4.69) is 6.07 Å². The van der Waals surface area contributed by atoms with Crippen molar-refractivity contribution in [3.63, 3.8) is 0 Å². The van der Waals surface area contributed by atoms with Crippen LogP contribution in [0.1, 0.15) is 21.5 Å². The van der Waals surface area contributed by atoms with Crippen LogP contribution in [0.4, 0.5) is 0 Å².